The number of benzene rings is 1. The highest BCUT2D eigenvalue weighted by Gasteiger charge is 2.37. The van der Waals surface area contributed by atoms with Crippen molar-refractivity contribution in [3.8, 4) is 0 Å². The van der Waals surface area contributed by atoms with Crippen LogP contribution in [0.5, 0.6) is 0 Å². The van der Waals surface area contributed by atoms with Gasteiger partial charge < -0.3 is 5.11 Å². The van der Waals surface area contributed by atoms with Gasteiger partial charge in [0.15, 0.2) is 0 Å². The van der Waals surface area contributed by atoms with E-state index in [-0.39, 0.29) is 29.0 Å². The van der Waals surface area contributed by atoms with Crippen LogP contribution < -0.4 is 0 Å². The normalized spacial score (nSPS) is 20.2. The molecule has 1 aromatic rings. The fourth-order valence-electron chi connectivity index (χ4n) is 1.99. The van der Waals surface area contributed by atoms with Crippen molar-refractivity contribution >= 4 is 43.5 Å². The highest BCUT2D eigenvalue weighted by molar-refractivity contribution is 9.10. The van der Waals surface area contributed by atoms with E-state index in [1.165, 1.54) is 0 Å². The maximum Gasteiger partial charge on any atom is 0.307 e. The molecule has 20 heavy (non-hydrogen) atoms. The van der Waals surface area contributed by atoms with E-state index >= 15 is 0 Å². The van der Waals surface area contributed by atoms with Crippen molar-refractivity contribution in [3.05, 3.63) is 27.4 Å². The van der Waals surface area contributed by atoms with Crippen LogP contribution in [0.4, 0.5) is 4.39 Å². The number of carboxylic acids is 1. The summed E-state index contributed by atoms with van der Waals surface area (Å²) >= 11 is 8.79. The summed E-state index contributed by atoms with van der Waals surface area (Å²) in [6.07, 6.45) is 0.209. The van der Waals surface area contributed by atoms with Crippen molar-refractivity contribution in [2.45, 2.75) is 11.3 Å². The fraction of sp³-hybridized carbons (Fsp3) is 0.364. The van der Waals surface area contributed by atoms with Crippen LogP contribution in [0.2, 0.25) is 5.02 Å². The molecular weight excluding hydrogens is 377 g/mol. The number of sulfonamides is 1. The quantitative estimate of drug-likeness (QED) is 0.809. The lowest BCUT2D eigenvalue weighted by atomic mass is 10.1. The van der Waals surface area contributed by atoms with Crippen LogP contribution in [0.25, 0.3) is 0 Å². The molecule has 1 unspecified atom stereocenters. The van der Waals surface area contributed by atoms with Crippen LogP contribution >= 0.6 is 27.5 Å². The zero-order valence-electron chi connectivity index (χ0n) is 10.0. The fourth-order valence-corrected chi connectivity index (χ4v) is 4.11. The molecule has 110 valence electrons. The second-order valence-corrected chi connectivity index (χ2v) is 7.55. The molecule has 0 aromatic heterocycles. The molecule has 5 nitrogen and oxygen atoms in total. The number of aliphatic carboxylic acids is 1. The maximum atomic E-state index is 13.8. The first-order valence-corrected chi connectivity index (χ1v) is 8.22. The molecule has 1 N–H and O–H groups in total. The van der Waals surface area contributed by atoms with Gasteiger partial charge in [0.25, 0.3) is 0 Å². The van der Waals surface area contributed by atoms with Gasteiger partial charge in [-0.15, -0.1) is 0 Å². The van der Waals surface area contributed by atoms with Crippen molar-refractivity contribution in [3.63, 3.8) is 0 Å². The summed E-state index contributed by atoms with van der Waals surface area (Å²) in [6, 6.07) is 1.99. The monoisotopic (exact) mass is 385 g/mol. The number of halogens is 3. The number of rotatable bonds is 3. The first kappa shape index (κ1) is 15.7. The molecular formula is C11H10BrClFNO4S. The Kier molecular flexibility index (Phi) is 4.38. The van der Waals surface area contributed by atoms with Gasteiger partial charge in [-0.25, -0.2) is 12.8 Å². The lowest BCUT2D eigenvalue weighted by Gasteiger charge is -2.16. The van der Waals surface area contributed by atoms with Crippen LogP contribution in [0.1, 0.15) is 6.42 Å². The minimum Gasteiger partial charge on any atom is -0.481 e. The van der Waals surface area contributed by atoms with Gasteiger partial charge in [-0.1, -0.05) is 11.6 Å². The Balaban J connectivity index is 2.37. The van der Waals surface area contributed by atoms with Gasteiger partial charge in [0.05, 0.1) is 10.9 Å². The molecule has 1 fully saturated rings. The highest BCUT2D eigenvalue weighted by Crippen LogP contribution is 2.31. The molecule has 0 spiro atoms. The standard InChI is InChI=1S/C11H10BrClFNO4S/c12-7-3-9(14)10(4-8(7)13)20(18,19)15-2-1-6(5-15)11(16)17/h3-4,6H,1-2,5H2,(H,16,17). The van der Waals surface area contributed by atoms with Crippen LogP contribution in [0, 0.1) is 11.7 Å². The van der Waals surface area contributed by atoms with Crippen LogP contribution in [-0.4, -0.2) is 36.9 Å². The van der Waals surface area contributed by atoms with E-state index in [0.717, 1.165) is 16.4 Å². The first-order valence-electron chi connectivity index (χ1n) is 5.61. The van der Waals surface area contributed by atoms with Crippen LogP contribution in [0.3, 0.4) is 0 Å². The minimum atomic E-state index is -4.09. The third-order valence-electron chi connectivity index (χ3n) is 3.09. The summed E-state index contributed by atoms with van der Waals surface area (Å²) in [4.78, 5) is 10.3. The van der Waals surface area contributed by atoms with Crippen molar-refractivity contribution in [1.29, 1.82) is 0 Å². The Labute approximate surface area is 128 Å². The van der Waals surface area contributed by atoms with Gasteiger partial charge in [-0.2, -0.15) is 4.31 Å². The lowest BCUT2D eigenvalue weighted by Crippen LogP contribution is -2.30. The highest BCUT2D eigenvalue weighted by atomic mass is 79.9. The third-order valence-corrected chi connectivity index (χ3v) is 6.17. The number of hydrogen-bond acceptors (Lipinski definition) is 3. The van der Waals surface area contributed by atoms with E-state index in [1.807, 2.05) is 0 Å². The number of nitrogens with zero attached hydrogens (tertiary/aromatic N) is 1. The van der Waals surface area contributed by atoms with Gasteiger partial charge in [-0.05, 0) is 34.5 Å². The maximum absolute atomic E-state index is 13.8. The smallest absolute Gasteiger partial charge is 0.307 e. The Hall–Kier alpha value is -0.700. The third kappa shape index (κ3) is 2.83. The average Bonchev–Trinajstić information content (AvgIpc) is 2.83. The largest absolute Gasteiger partial charge is 0.481 e. The van der Waals surface area contributed by atoms with E-state index in [1.54, 1.807) is 0 Å². The van der Waals surface area contributed by atoms with Crippen LogP contribution in [0.15, 0.2) is 21.5 Å². The molecule has 1 atom stereocenters. The summed E-state index contributed by atoms with van der Waals surface area (Å²) in [6.45, 7) is -0.114. The van der Waals surface area contributed by atoms with Gasteiger partial charge in [0.2, 0.25) is 10.0 Å². The molecule has 1 heterocycles. The first-order chi connectivity index (χ1) is 9.23. The zero-order valence-corrected chi connectivity index (χ0v) is 13.2. The Morgan fingerprint density at radius 1 is 1.50 bits per heavy atom. The van der Waals surface area contributed by atoms with Gasteiger partial charge >= 0.3 is 5.97 Å². The molecule has 0 amide bonds. The molecule has 0 aliphatic carbocycles. The Morgan fingerprint density at radius 3 is 2.70 bits per heavy atom. The molecule has 1 aliphatic heterocycles. The average molecular weight is 387 g/mol. The van der Waals surface area contributed by atoms with Crippen LogP contribution in [-0.2, 0) is 14.8 Å². The second-order valence-electron chi connectivity index (χ2n) is 4.38. The van der Waals surface area contributed by atoms with Gasteiger partial charge in [-0.3, -0.25) is 4.79 Å². The minimum absolute atomic E-state index is 0.0480. The van der Waals surface area contributed by atoms with E-state index in [0.29, 0.717) is 0 Å². The van der Waals surface area contributed by atoms with E-state index in [9.17, 15) is 17.6 Å². The van der Waals surface area contributed by atoms with Crippen molar-refractivity contribution in [2.24, 2.45) is 5.92 Å². The topological polar surface area (TPSA) is 74.7 Å². The van der Waals surface area contributed by atoms with Crippen molar-refractivity contribution in [2.75, 3.05) is 13.1 Å². The molecule has 1 aromatic carbocycles. The van der Waals surface area contributed by atoms with E-state index in [2.05, 4.69) is 15.9 Å². The van der Waals surface area contributed by atoms with Gasteiger partial charge in [0.1, 0.15) is 10.7 Å². The van der Waals surface area contributed by atoms with Crippen molar-refractivity contribution in [1.82, 2.24) is 4.31 Å². The molecule has 0 saturated carbocycles. The van der Waals surface area contributed by atoms with E-state index in [4.69, 9.17) is 16.7 Å². The van der Waals surface area contributed by atoms with Gasteiger partial charge in [0, 0.05) is 17.6 Å². The Morgan fingerprint density at radius 2 is 2.15 bits per heavy atom. The summed E-state index contributed by atoms with van der Waals surface area (Å²) < 4.78 is 39.7. The molecule has 1 saturated heterocycles. The SMILES string of the molecule is O=C(O)C1CCN(S(=O)(=O)c2cc(Cl)c(Br)cc2F)C1. The summed E-state index contributed by atoms with van der Waals surface area (Å²) in [5.41, 5.74) is 0. The second kappa shape index (κ2) is 5.59. The molecule has 2 rings (SSSR count). The molecule has 9 heteroatoms. The zero-order chi connectivity index (χ0) is 15.1. The summed E-state index contributed by atoms with van der Waals surface area (Å²) in [5, 5.41) is 8.95. The lowest BCUT2D eigenvalue weighted by molar-refractivity contribution is -0.141. The predicted octanol–water partition coefficient (Wildman–Crippen LogP) is 2.34. The van der Waals surface area contributed by atoms with E-state index < -0.39 is 32.6 Å². The number of carboxylic acid groups (broad SMARTS) is 1. The summed E-state index contributed by atoms with van der Waals surface area (Å²) in [5.74, 6) is -2.75. The van der Waals surface area contributed by atoms with Crippen molar-refractivity contribution < 1.29 is 22.7 Å². The Bertz CT molecular complexity index is 667. The summed E-state index contributed by atoms with van der Waals surface area (Å²) in [7, 11) is -4.09. The number of carbonyl (C=O) groups is 1. The predicted molar refractivity (Wildman–Crippen MR) is 73.6 cm³/mol. The molecule has 0 bridgehead atoms. The molecule has 1 aliphatic rings. The number of hydrogen-bond donors (Lipinski definition) is 1. The molecule has 0 radical (unpaired) electrons.